The minimum absolute atomic E-state index is 0.398. The highest BCUT2D eigenvalue weighted by molar-refractivity contribution is 7.15. The molecule has 4 heteroatoms. The molecule has 1 fully saturated rings. The van der Waals surface area contributed by atoms with Gasteiger partial charge < -0.3 is 10.0 Å². The molecule has 1 heterocycles. The Labute approximate surface area is 94.8 Å². The average molecular weight is 226 g/mol. The van der Waals surface area contributed by atoms with Gasteiger partial charge in [-0.2, -0.15) is 0 Å². The van der Waals surface area contributed by atoms with Gasteiger partial charge in [0.05, 0.1) is 16.7 Å². The second-order valence-corrected chi connectivity index (χ2v) is 5.46. The molecule has 1 unspecified atom stereocenters. The van der Waals surface area contributed by atoms with Crippen LogP contribution < -0.4 is 4.90 Å². The molecule has 2 rings (SSSR count). The normalized spacial score (nSPS) is 17.9. The minimum atomic E-state index is -0.398. The van der Waals surface area contributed by atoms with Crippen molar-refractivity contribution in [2.75, 3.05) is 18.5 Å². The topological polar surface area (TPSA) is 36.4 Å². The quantitative estimate of drug-likeness (QED) is 0.856. The fraction of sp³-hybridized carbons (Fsp3) is 0.727. The number of aromatic nitrogens is 1. The summed E-state index contributed by atoms with van der Waals surface area (Å²) < 4.78 is 0. The van der Waals surface area contributed by atoms with Crippen molar-refractivity contribution < 1.29 is 5.11 Å². The van der Waals surface area contributed by atoms with Gasteiger partial charge in [-0.15, -0.1) is 0 Å². The van der Waals surface area contributed by atoms with Gasteiger partial charge in [0.15, 0.2) is 5.13 Å². The highest BCUT2D eigenvalue weighted by Crippen LogP contribution is 2.34. The van der Waals surface area contributed by atoms with E-state index in [-0.39, 0.29) is 0 Å². The summed E-state index contributed by atoms with van der Waals surface area (Å²) in [5.41, 5.74) is 0.965. The first-order chi connectivity index (χ1) is 7.08. The Bertz CT molecular complexity index is 344. The first kappa shape index (κ1) is 10.9. The fourth-order valence-electron chi connectivity index (χ4n) is 1.71. The Morgan fingerprint density at radius 2 is 2.27 bits per heavy atom. The van der Waals surface area contributed by atoms with Crippen molar-refractivity contribution in [3.63, 3.8) is 0 Å². The first-order valence-electron chi connectivity index (χ1n) is 5.44. The number of hydrogen-bond donors (Lipinski definition) is 1. The van der Waals surface area contributed by atoms with E-state index in [0.717, 1.165) is 28.2 Å². The Morgan fingerprint density at radius 3 is 2.73 bits per heavy atom. The van der Waals surface area contributed by atoms with Gasteiger partial charge in [-0.25, -0.2) is 4.98 Å². The predicted molar refractivity (Wildman–Crippen MR) is 63.5 cm³/mol. The zero-order valence-corrected chi connectivity index (χ0v) is 10.3. The lowest BCUT2D eigenvalue weighted by molar-refractivity contribution is 0.202. The van der Waals surface area contributed by atoms with Crippen molar-refractivity contribution >= 4 is 16.5 Å². The number of anilines is 1. The predicted octanol–water partition coefficient (Wildman–Crippen LogP) is 2.35. The molecule has 1 aromatic rings. The van der Waals surface area contributed by atoms with Gasteiger partial charge >= 0.3 is 0 Å². The van der Waals surface area contributed by atoms with Crippen LogP contribution in [0.5, 0.6) is 0 Å². The number of nitrogens with zero attached hydrogens (tertiary/aromatic N) is 2. The van der Waals surface area contributed by atoms with Gasteiger partial charge in [0.1, 0.15) is 0 Å². The Kier molecular flexibility index (Phi) is 2.98. The maximum Gasteiger partial charge on any atom is 0.185 e. The standard InChI is InChI=1S/C11H18N2OS/c1-7-10(8(2)14)15-11(12-7)13(3)6-9-4-5-9/h8-9,14H,4-6H2,1-3H3. The van der Waals surface area contributed by atoms with E-state index in [4.69, 9.17) is 0 Å². The van der Waals surface area contributed by atoms with Crippen LogP contribution in [0.2, 0.25) is 0 Å². The SMILES string of the molecule is Cc1nc(N(C)CC2CC2)sc1C(C)O. The van der Waals surface area contributed by atoms with Gasteiger partial charge in [0.25, 0.3) is 0 Å². The van der Waals surface area contributed by atoms with Crippen molar-refractivity contribution in [3.8, 4) is 0 Å². The minimum Gasteiger partial charge on any atom is -0.388 e. The molecular weight excluding hydrogens is 208 g/mol. The summed E-state index contributed by atoms with van der Waals surface area (Å²) in [4.78, 5) is 7.70. The summed E-state index contributed by atoms with van der Waals surface area (Å²) in [7, 11) is 2.09. The molecule has 0 saturated heterocycles. The van der Waals surface area contributed by atoms with E-state index in [0.29, 0.717) is 0 Å². The van der Waals surface area contributed by atoms with E-state index in [1.165, 1.54) is 12.8 Å². The van der Waals surface area contributed by atoms with Crippen LogP contribution in [0.1, 0.15) is 36.4 Å². The van der Waals surface area contributed by atoms with E-state index in [1.807, 2.05) is 6.92 Å². The summed E-state index contributed by atoms with van der Waals surface area (Å²) >= 11 is 1.61. The molecule has 0 aromatic carbocycles. The molecule has 0 amide bonds. The summed E-state index contributed by atoms with van der Waals surface area (Å²) in [5, 5.41) is 10.6. The molecule has 0 spiro atoms. The monoisotopic (exact) mass is 226 g/mol. The van der Waals surface area contributed by atoms with Crippen LogP contribution in [-0.2, 0) is 0 Å². The maximum absolute atomic E-state index is 9.55. The molecular formula is C11H18N2OS. The van der Waals surface area contributed by atoms with Gasteiger partial charge in [0, 0.05) is 13.6 Å². The summed E-state index contributed by atoms with van der Waals surface area (Å²) in [5.74, 6) is 0.870. The van der Waals surface area contributed by atoms with Crippen LogP contribution in [0.3, 0.4) is 0 Å². The number of aliphatic hydroxyl groups is 1. The Balaban J connectivity index is 2.09. The lowest BCUT2D eigenvalue weighted by Crippen LogP contribution is -2.19. The van der Waals surface area contributed by atoms with Crippen molar-refractivity contribution in [3.05, 3.63) is 10.6 Å². The molecule has 1 aliphatic rings. The van der Waals surface area contributed by atoms with Gasteiger partial charge in [-0.05, 0) is 32.6 Å². The lowest BCUT2D eigenvalue weighted by Gasteiger charge is -2.14. The zero-order valence-electron chi connectivity index (χ0n) is 9.53. The molecule has 0 bridgehead atoms. The van der Waals surface area contributed by atoms with Crippen LogP contribution in [-0.4, -0.2) is 23.7 Å². The molecule has 1 aromatic heterocycles. The third-order valence-corrected chi connectivity index (χ3v) is 4.20. The number of thiazole rings is 1. The zero-order chi connectivity index (χ0) is 11.0. The van der Waals surface area contributed by atoms with E-state index in [1.54, 1.807) is 18.3 Å². The molecule has 0 aliphatic heterocycles. The van der Waals surface area contributed by atoms with Crippen LogP contribution in [0.25, 0.3) is 0 Å². The fourth-order valence-corrected chi connectivity index (χ4v) is 2.68. The number of aliphatic hydroxyl groups excluding tert-OH is 1. The molecule has 3 nitrogen and oxygen atoms in total. The summed E-state index contributed by atoms with van der Waals surface area (Å²) in [6.45, 7) is 4.87. The summed E-state index contributed by atoms with van der Waals surface area (Å²) in [6.07, 6.45) is 2.32. The van der Waals surface area contributed by atoms with Crippen LogP contribution in [0.15, 0.2) is 0 Å². The van der Waals surface area contributed by atoms with Crippen molar-refractivity contribution in [1.29, 1.82) is 0 Å². The highest BCUT2D eigenvalue weighted by atomic mass is 32.1. The van der Waals surface area contributed by atoms with Gasteiger partial charge in [-0.3, -0.25) is 0 Å². The molecule has 1 aliphatic carbocycles. The number of aryl methyl sites for hydroxylation is 1. The number of hydrogen-bond acceptors (Lipinski definition) is 4. The van der Waals surface area contributed by atoms with Gasteiger partial charge in [0.2, 0.25) is 0 Å². The smallest absolute Gasteiger partial charge is 0.185 e. The second kappa shape index (κ2) is 4.10. The number of rotatable bonds is 4. The lowest BCUT2D eigenvalue weighted by atomic mass is 10.3. The van der Waals surface area contributed by atoms with Crippen molar-refractivity contribution in [1.82, 2.24) is 4.98 Å². The Morgan fingerprint density at radius 1 is 1.60 bits per heavy atom. The van der Waals surface area contributed by atoms with Crippen LogP contribution >= 0.6 is 11.3 Å². The third kappa shape index (κ3) is 2.49. The molecule has 15 heavy (non-hydrogen) atoms. The molecule has 1 atom stereocenters. The maximum atomic E-state index is 9.55. The molecule has 84 valence electrons. The van der Waals surface area contributed by atoms with Gasteiger partial charge in [-0.1, -0.05) is 11.3 Å². The Hall–Kier alpha value is -0.610. The van der Waals surface area contributed by atoms with Crippen molar-refractivity contribution in [2.24, 2.45) is 5.92 Å². The van der Waals surface area contributed by atoms with Crippen LogP contribution in [0, 0.1) is 12.8 Å². The molecule has 1 N–H and O–H groups in total. The van der Waals surface area contributed by atoms with E-state index in [2.05, 4.69) is 16.9 Å². The van der Waals surface area contributed by atoms with E-state index >= 15 is 0 Å². The highest BCUT2D eigenvalue weighted by Gasteiger charge is 2.24. The van der Waals surface area contributed by atoms with Crippen molar-refractivity contribution in [2.45, 2.75) is 32.8 Å². The summed E-state index contributed by atoms with van der Waals surface area (Å²) in [6, 6.07) is 0. The third-order valence-electron chi connectivity index (χ3n) is 2.76. The van der Waals surface area contributed by atoms with E-state index < -0.39 is 6.10 Å². The average Bonchev–Trinajstić information content (AvgIpc) is 2.86. The van der Waals surface area contributed by atoms with Crippen LogP contribution in [0.4, 0.5) is 5.13 Å². The first-order valence-corrected chi connectivity index (χ1v) is 6.26. The molecule has 0 radical (unpaired) electrons. The second-order valence-electron chi connectivity index (χ2n) is 4.45. The van der Waals surface area contributed by atoms with E-state index in [9.17, 15) is 5.11 Å². The largest absolute Gasteiger partial charge is 0.388 e. The molecule has 1 saturated carbocycles.